The zero-order chi connectivity index (χ0) is 18.3. The highest BCUT2D eigenvalue weighted by atomic mass is 16.2. The SMILES string of the molecule is CC(C)(C)NC(=O)c1ccccc1NC(=O)NCCc1ccccn1. The Kier molecular flexibility index (Phi) is 6.11. The van der Waals surface area contributed by atoms with E-state index in [1.807, 2.05) is 39.0 Å². The maximum atomic E-state index is 12.4. The van der Waals surface area contributed by atoms with Crippen molar-refractivity contribution in [3.05, 3.63) is 59.9 Å². The Morgan fingerprint density at radius 2 is 1.76 bits per heavy atom. The molecule has 3 amide bonds. The van der Waals surface area contributed by atoms with Crippen molar-refractivity contribution in [1.29, 1.82) is 0 Å². The van der Waals surface area contributed by atoms with Gasteiger partial charge in [-0.05, 0) is 45.0 Å². The monoisotopic (exact) mass is 340 g/mol. The van der Waals surface area contributed by atoms with Gasteiger partial charge in [0.25, 0.3) is 5.91 Å². The van der Waals surface area contributed by atoms with Crippen LogP contribution in [0.2, 0.25) is 0 Å². The Morgan fingerprint density at radius 1 is 1.04 bits per heavy atom. The minimum atomic E-state index is -0.355. The third-order valence-electron chi connectivity index (χ3n) is 3.30. The van der Waals surface area contributed by atoms with E-state index in [2.05, 4.69) is 20.9 Å². The second-order valence-electron chi connectivity index (χ2n) is 6.70. The van der Waals surface area contributed by atoms with Crippen LogP contribution in [0, 0.1) is 0 Å². The molecule has 2 rings (SSSR count). The van der Waals surface area contributed by atoms with Gasteiger partial charge in [-0.1, -0.05) is 18.2 Å². The van der Waals surface area contributed by atoms with E-state index in [-0.39, 0.29) is 17.5 Å². The number of carbonyl (C=O) groups is 2. The Bertz CT molecular complexity index is 724. The Labute approximate surface area is 148 Å². The lowest BCUT2D eigenvalue weighted by Crippen LogP contribution is -2.41. The fourth-order valence-corrected chi connectivity index (χ4v) is 2.21. The fraction of sp³-hybridized carbons (Fsp3) is 0.316. The summed E-state index contributed by atoms with van der Waals surface area (Å²) in [5.41, 5.74) is 1.46. The molecule has 0 atom stereocenters. The second kappa shape index (κ2) is 8.28. The van der Waals surface area contributed by atoms with Gasteiger partial charge in [0.2, 0.25) is 0 Å². The first-order valence-corrected chi connectivity index (χ1v) is 8.21. The molecule has 0 fully saturated rings. The smallest absolute Gasteiger partial charge is 0.319 e. The first kappa shape index (κ1) is 18.4. The van der Waals surface area contributed by atoms with Crippen molar-refractivity contribution >= 4 is 17.6 Å². The van der Waals surface area contributed by atoms with E-state index < -0.39 is 0 Å². The molecule has 0 saturated carbocycles. The van der Waals surface area contributed by atoms with Gasteiger partial charge in [-0.25, -0.2) is 4.79 Å². The van der Waals surface area contributed by atoms with E-state index in [9.17, 15) is 9.59 Å². The Morgan fingerprint density at radius 3 is 2.44 bits per heavy atom. The maximum absolute atomic E-state index is 12.4. The van der Waals surface area contributed by atoms with Crippen molar-refractivity contribution in [2.75, 3.05) is 11.9 Å². The number of rotatable bonds is 5. The molecule has 6 heteroatoms. The van der Waals surface area contributed by atoms with Crippen molar-refractivity contribution in [1.82, 2.24) is 15.6 Å². The highest BCUT2D eigenvalue weighted by molar-refractivity contribution is 6.03. The Hall–Kier alpha value is -2.89. The summed E-state index contributed by atoms with van der Waals surface area (Å²) in [4.78, 5) is 28.7. The van der Waals surface area contributed by atoms with E-state index >= 15 is 0 Å². The summed E-state index contributed by atoms with van der Waals surface area (Å²) in [5.74, 6) is -0.225. The molecule has 6 nitrogen and oxygen atoms in total. The number of carbonyl (C=O) groups excluding carboxylic acids is 2. The van der Waals surface area contributed by atoms with Gasteiger partial charge in [0.1, 0.15) is 0 Å². The lowest BCUT2D eigenvalue weighted by molar-refractivity contribution is 0.0920. The van der Waals surface area contributed by atoms with E-state index in [0.29, 0.717) is 24.2 Å². The molecule has 0 bridgehead atoms. The van der Waals surface area contributed by atoms with Crippen molar-refractivity contribution in [2.45, 2.75) is 32.7 Å². The van der Waals surface area contributed by atoms with E-state index in [1.54, 1.807) is 30.5 Å². The number of amides is 3. The van der Waals surface area contributed by atoms with E-state index in [4.69, 9.17) is 0 Å². The van der Waals surface area contributed by atoms with Crippen LogP contribution in [0.15, 0.2) is 48.7 Å². The van der Waals surface area contributed by atoms with Crippen LogP contribution in [-0.2, 0) is 6.42 Å². The zero-order valence-electron chi connectivity index (χ0n) is 14.8. The van der Waals surface area contributed by atoms with Gasteiger partial charge in [-0.2, -0.15) is 0 Å². The van der Waals surface area contributed by atoms with Crippen LogP contribution in [-0.4, -0.2) is 29.0 Å². The number of pyridine rings is 1. The van der Waals surface area contributed by atoms with Gasteiger partial charge < -0.3 is 16.0 Å². The van der Waals surface area contributed by atoms with Crippen molar-refractivity contribution in [3.63, 3.8) is 0 Å². The lowest BCUT2D eigenvalue weighted by atomic mass is 10.1. The number of urea groups is 1. The van der Waals surface area contributed by atoms with Crippen molar-refractivity contribution in [3.8, 4) is 0 Å². The third kappa shape index (κ3) is 6.25. The molecule has 1 heterocycles. The van der Waals surface area contributed by atoms with Gasteiger partial charge >= 0.3 is 6.03 Å². The predicted octanol–water partition coefficient (Wildman–Crippen LogP) is 2.97. The van der Waals surface area contributed by atoms with Gasteiger partial charge in [0, 0.05) is 30.4 Å². The number of benzene rings is 1. The van der Waals surface area contributed by atoms with Crippen LogP contribution in [0.3, 0.4) is 0 Å². The molecule has 0 aliphatic rings. The number of hydrogen-bond donors (Lipinski definition) is 3. The summed E-state index contributed by atoms with van der Waals surface area (Å²) in [5, 5.41) is 8.40. The topological polar surface area (TPSA) is 83.1 Å². The number of nitrogens with zero attached hydrogens (tertiary/aromatic N) is 1. The van der Waals surface area contributed by atoms with Gasteiger partial charge in [0.05, 0.1) is 11.3 Å². The fourth-order valence-electron chi connectivity index (χ4n) is 2.21. The second-order valence-corrected chi connectivity index (χ2v) is 6.70. The van der Waals surface area contributed by atoms with E-state index in [0.717, 1.165) is 5.69 Å². The van der Waals surface area contributed by atoms with Crippen LogP contribution in [0.25, 0.3) is 0 Å². The number of para-hydroxylation sites is 1. The minimum Gasteiger partial charge on any atom is -0.347 e. The average Bonchev–Trinajstić information content (AvgIpc) is 2.54. The van der Waals surface area contributed by atoms with Crippen LogP contribution < -0.4 is 16.0 Å². The molecule has 0 saturated heterocycles. The molecular weight excluding hydrogens is 316 g/mol. The molecule has 1 aromatic carbocycles. The molecule has 0 radical (unpaired) electrons. The van der Waals surface area contributed by atoms with E-state index in [1.165, 1.54) is 0 Å². The third-order valence-corrected chi connectivity index (χ3v) is 3.30. The summed E-state index contributed by atoms with van der Waals surface area (Å²) in [6, 6.07) is 12.2. The molecule has 0 unspecified atom stereocenters. The van der Waals surface area contributed by atoms with Gasteiger partial charge in [-0.3, -0.25) is 9.78 Å². The summed E-state index contributed by atoms with van der Waals surface area (Å²) < 4.78 is 0. The lowest BCUT2D eigenvalue weighted by Gasteiger charge is -2.21. The Balaban J connectivity index is 1.93. The van der Waals surface area contributed by atoms with Gasteiger partial charge in [-0.15, -0.1) is 0 Å². The molecule has 0 aliphatic heterocycles. The summed E-state index contributed by atoms with van der Waals surface area (Å²) in [7, 11) is 0. The van der Waals surface area contributed by atoms with Crippen LogP contribution >= 0.6 is 0 Å². The van der Waals surface area contributed by atoms with Crippen LogP contribution in [0.4, 0.5) is 10.5 Å². The van der Waals surface area contributed by atoms with Crippen LogP contribution in [0.1, 0.15) is 36.8 Å². The van der Waals surface area contributed by atoms with Gasteiger partial charge in [0.15, 0.2) is 0 Å². The number of hydrogen-bond acceptors (Lipinski definition) is 3. The first-order chi connectivity index (χ1) is 11.8. The number of aromatic nitrogens is 1. The first-order valence-electron chi connectivity index (χ1n) is 8.21. The summed E-state index contributed by atoms with van der Waals surface area (Å²) in [6.45, 7) is 6.18. The minimum absolute atomic E-state index is 0.225. The molecule has 0 spiro atoms. The summed E-state index contributed by atoms with van der Waals surface area (Å²) >= 11 is 0. The molecule has 3 N–H and O–H groups in total. The zero-order valence-corrected chi connectivity index (χ0v) is 14.8. The summed E-state index contributed by atoms with van der Waals surface area (Å²) in [6.07, 6.45) is 2.36. The van der Waals surface area contributed by atoms with Crippen LogP contribution in [0.5, 0.6) is 0 Å². The molecule has 25 heavy (non-hydrogen) atoms. The largest absolute Gasteiger partial charge is 0.347 e. The highest BCUT2D eigenvalue weighted by Gasteiger charge is 2.18. The standard InChI is InChI=1S/C19H24N4O2/c1-19(2,3)23-17(24)15-9-4-5-10-16(15)22-18(25)21-13-11-14-8-6-7-12-20-14/h4-10,12H,11,13H2,1-3H3,(H,23,24)(H2,21,22,25). The molecule has 0 aliphatic carbocycles. The number of anilines is 1. The quantitative estimate of drug-likeness (QED) is 0.782. The molecule has 1 aromatic heterocycles. The average molecular weight is 340 g/mol. The predicted molar refractivity (Wildman–Crippen MR) is 98.6 cm³/mol. The normalized spacial score (nSPS) is 10.8. The van der Waals surface area contributed by atoms with Crippen molar-refractivity contribution < 1.29 is 9.59 Å². The maximum Gasteiger partial charge on any atom is 0.319 e. The highest BCUT2D eigenvalue weighted by Crippen LogP contribution is 2.16. The molecule has 132 valence electrons. The molecule has 2 aromatic rings. The van der Waals surface area contributed by atoms with Crippen molar-refractivity contribution in [2.24, 2.45) is 0 Å². The molecular formula is C19H24N4O2. The number of nitrogens with one attached hydrogen (secondary N) is 3.